The van der Waals surface area contributed by atoms with Crippen molar-refractivity contribution in [1.29, 1.82) is 0 Å². The molecular formula is C18H30O2. The molecule has 0 aromatic heterocycles. The minimum atomic E-state index is -0.472. The highest BCUT2D eigenvalue weighted by molar-refractivity contribution is 5.20. The second-order valence-corrected chi connectivity index (χ2v) is 9.00. The summed E-state index contributed by atoms with van der Waals surface area (Å²) in [6, 6.07) is 0. The van der Waals surface area contributed by atoms with Crippen molar-refractivity contribution in [2.75, 3.05) is 6.61 Å². The van der Waals surface area contributed by atoms with Crippen LogP contribution in [0.3, 0.4) is 0 Å². The van der Waals surface area contributed by atoms with Crippen LogP contribution in [-0.2, 0) is 0 Å². The van der Waals surface area contributed by atoms with E-state index >= 15 is 0 Å². The summed E-state index contributed by atoms with van der Waals surface area (Å²) in [5, 5.41) is 21.7. The van der Waals surface area contributed by atoms with Gasteiger partial charge in [-0.2, -0.15) is 0 Å². The van der Waals surface area contributed by atoms with E-state index in [2.05, 4.69) is 6.92 Å². The van der Waals surface area contributed by atoms with E-state index in [-0.39, 0.29) is 5.41 Å². The van der Waals surface area contributed by atoms with E-state index < -0.39 is 5.60 Å². The van der Waals surface area contributed by atoms with Crippen LogP contribution in [0.25, 0.3) is 0 Å². The molecule has 2 N–H and O–H groups in total. The van der Waals surface area contributed by atoms with Crippen LogP contribution in [-0.4, -0.2) is 22.4 Å². The highest BCUT2D eigenvalue weighted by Gasteiger charge is 2.71. The van der Waals surface area contributed by atoms with Gasteiger partial charge in [-0.25, -0.2) is 0 Å². The summed E-state index contributed by atoms with van der Waals surface area (Å²) in [4.78, 5) is 0. The van der Waals surface area contributed by atoms with Crippen LogP contribution in [0.5, 0.6) is 0 Å². The van der Waals surface area contributed by atoms with Crippen LogP contribution >= 0.6 is 0 Å². The monoisotopic (exact) mass is 278 g/mol. The number of rotatable bonds is 1. The fourth-order valence-corrected chi connectivity index (χ4v) is 7.06. The Balaban J connectivity index is 1.75. The molecule has 0 aliphatic heterocycles. The van der Waals surface area contributed by atoms with E-state index in [0.29, 0.717) is 23.4 Å². The van der Waals surface area contributed by atoms with E-state index in [0.717, 1.165) is 19.3 Å². The molecule has 0 aromatic carbocycles. The second-order valence-electron chi connectivity index (χ2n) is 9.00. The van der Waals surface area contributed by atoms with Crippen molar-refractivity contribution in [2.45, 2.75) is 83.2 Å². The molecular weight excluding hydrogens is 248 g/mol. The summed E-state index contributed by atoms with van der Waals surface area (Å²) in [6.07, 6.45) is 13.3. The first-order chi connectivity index (χ1) is 9.48. The molecule has 4 saturated carbocycles. The molecule has 2 nitrogen and oxygen atoms in total. The van der Waals surface area contributed by atoms with Gasteiger partial charge in [0.1, 0.15) is 0 Å². The van der Waals surface area contributed by atoms with Gasteiger partial charge in [0.25, 0.3) is 0 Å². The topological polar surface area (TPSA) is 40.5 Å². The molecule has 4 aliphatic carbocycles. The lowest BCUT2D eigenvalue weighted by Crippen LogP contribution is -2.66. The first kappa shape index (κ1) is 13.6. The largest absolute Gasteiger partial charge is 0.396 e. The molecule has 114 valence electrons. The Morgan fingerprint density at radius 3 is 2.40 bits per heavy atom. The molecule has 1 spiro atoms. The quantitative estimate of drug-likeness (QED) is 0.768. The van der Waals surface area contributed by atoms with Gasteiger partial charge in [-0.15, -0.1) is 0 Å². The van der Waals surface area contributed by atoms with E-state index in [1.54, 1.807) is 0 Å². The Kier molecular flexibility index (Phi) is 2.72. The Morgan fingerprint density at radius 1 is 0.950 bits per heavy atom. The van der Waals surface area contributed by atoms with Crippen molar-refractivity contribution in [3.8, 4) is 0 Å². The molecule has 4 atom stereocenters. The van der Waals surface area contributed by atoms with Crippen molar-refractivity contribution in [1.82, 2.24) is 0 Å². The molecule has 4 aliphatic rings. The third-order valence-electron chi connectivity index (χ3n) is 8.11. The molecule has 20 heavy (non-hydrogen) atoms. The van der Waals surface area contributed by atoms with E-state index in [4.69, 9.17) is 0 Å². The highest BCUT2D eigenvalue weighted by Crippen LogP contribution is 2.75. The van der Waals surface area contributed by atoms with Crippen LogP contribution in [0.4, 0.5) is 0 Å². The van der Waals surface area contributed by atoms with Crippen LogP contribution in [0.15, 0.2) is 0 Å². The van der Waals surface area contributed by atoms with E-state index in [1.165, 1.54) is 51.4 Å². The first-order valence-corrected chi connectivity index (χ1v) is 8.81. The molecule has 0 unspecified atom stereocenters. The highest BCUT2D eigenvalue weighted by atomic mass is 16.3. The van der Waals surface area contributed by atoms with Crippen molar-refractivity contribution in [3.05, 3.63) is 0 Å². The van der Waals surface area contributed by atoms with Crippen LogP contribution in [0.2, 0.25) is 0 Å². The summed E-state index contributed by atoms with van der Waals surface area (Å²) < 4.78 is 0. The van der Waals surface area contributed by atoms with Crippen LogP contribution in [0.1, 0.15) is 77.6 Å². The number of hydrogen-bond acceptors (Lipinski definition) is 2. The van der Waals surface area contributed by atoms with Crippen molar-refractivity contribution < 1.29 is 10.2 Å². The molecule has 4 rings (SSSR count). The Bertz CT molecular complexity index is 414. The minimum Gasteiger partial charge on any atom is -0.396 e. The van der Waals surface area contributed by atoms with Crippen molar-refractivity contribution in [2.24, 2.45) is 22.2 Å². The van der Waals surface area contributed by atoms with Gasteiger partial charge < -0.3 is 10.2 Å². The molecule has 0 aromatic rings. The zero-order valence-corrected chi connectivity index (χ0v) is 13.0. The van der Waals surface area contributed by atoms with Gasteiger partial charge in [0.15, 0.2) is 0 Å². The Morgan fingerprint density at radius 2 is 1.70 bits per heavy atom. The lowest BCUT2D eigenvalue weighted by molar-refractivity contribution is -0.243. The number of fused-ring (bicyclic) bond motifs is 5. The minimum absolute atomic E-state index is 0.0559. The summed E-state index contributed by atoms with van der Waals surface area (Å²) in [6.45, 7) is 2.70. The lowest BCUT2D eigenvalue weighted by atomic mass is 9.39. The average molecular weight is 278 g/mol. The predicted molar refractivity (Wildman–Crippen MR) is 79.3 cm³/mol. The third kappa shape index (κ3) is 1.48. The Hall–Kier alpha value is -0.0800. The lowest BCUT2D eigenvalue weighted by Gasteiger charge is -2.67. The smallest absolute Gasteiger partial charge is 0.0687 e. The normalized spacial score (nSPS) is 53.2. The zero-order valence-electron chi connectivity index (χ0n) is 13.0. The predicted octanol–water partition coefficient (Wildman–Crippen LogP) is 3.65. The molecule has 0 saturated heterocycles. The van der Waals surface area contributed by atoms with Crippen molar-refractivity contribution >= 4 is 0 Å². The van der Waals surface area contributed by atoms with Gasteiger partial charge in [-0.05, 0) is 68.1 Å². The summed E-state index contributed by atoms with van der Waals surface area (Å²) in [5.74, 6) is 0.375. The van der Waals surface area contributed by atoms with Crippen LogP contribution < -0.4 is 0 Å². The maximum absolute atomic E-state index is 11.4. The maximum atomic E-state index is 11.4. The molecule has 4 fully saturated rings. The molecule has 0 amide bonds. The van der Waals surface area contributed by atoms with Gasteiger partial charge >= 0.3 is 0 Å². The van der Waals surface area contributed by atoms with Crippen LogP contribution in [0, 0.1) is 22.2 Å². The summed E-state index contributed by atoms with van der Waals surface area (Å²) in [7, 11) is 0. The fraction of sp³-hybridized carbons (Fsp3) is 1.00. The second kappa shape index (κ2) is 4.01. The molecule has 2 bridgehead atoms. The molecule has 0 radical (unpaired) electrons. The fourth-order valence-electron chi connectivity index (χ4n) is 7.06. The summed E-state index contributed by atoms with van der Waals surface area (Å²) >= 11 is 0. The zero-order chi connectivity index (χ0) is 14.1. The van der Waals surface area contributed by atoms with Gasteiger partial charge in [-0.3, -0.25) is 0 Å². The first-order valence-electron chi connectivity index (χ1n) is 8.81. The summed E-state index contributed by atoms with van der Waals surface area (Å²) in [5.41, 5.74) is 0.294. The number of aliphatic hydroxyl groups excluding tert-OH is 1. The van der Waals surface area contributed by atoms with Gasteiger partial charge in [0.2, 0.25) is 0 Å². The maximum Gasteiger partial charge on any atom is 0.0687 e. The van der Waals surface area contributed by atoms with E-state index in [9.17, 15) is 10.2 Å². The Labute approximate surface area is 123 Å². The SMILES string of the molecule is C[C@@]12CCC[C@@](O)(C1)[C@@H]1CC3(CCCC3)[C@]1(CO)CC2. The molecule has 2 heteroatoms. The standard InChI is InChI=1S/C18H30O2/c1-15-5-4-8-18(20,12-15)14-11-16(6-2-3-7-16)17(14,13-19)10-9-15/h14,19-20H,2-13H2,1H3/t14-,15+,17+,18-/m1/s1. The number of aliphatic hydroxyl groups is 2. The third-order valence-corrected chi connectivity index (χ3v) is 8.11. The average Bonchev–Trinajstić information content (AvgIpc) is 2.86. The van der Waals surface area contributed by atoms with Crippen molar-refractivity contribution in [3.63, 3.8) is 0 Å². The number of hydrogen-bond donors (Lipinski definition) is 2. The molecule has 0 heterocycles. The van der Waals surface area contributed by atoms with Gasteiger partial charge in [-0.1, -0.05) is 26.2 Å². The van der Waals surface area contributed by atoms with Gasteiger partial charge in [0.05, 0.1) is 5.60 Å². The van der Waals surface area contributed by atoms with Gasteiger partial charge in [0, 0.05) is 12.0 Å². The van der Waals surface area contributed by atoms with E-state index in [1.807, 2.05) is 0 Å².